The quantitative estimate of drug-likeness (QED) is 0.445. The number of hydrogen-bond acceptors (Lipinski definition) is 3. The van der Waals surface area contributed by atoms with Crippen LogP contribution < -0.4 is 0 Å². The van der Waals surface area contributed by atoms with E-state index in [0.29, 0.717) is 5.56 Å². The van der Waals surface area contributed by atoms with Gasteiger partial charge in [-0.15, -0.1) is 0 Å². The number of thioether (sulfide) groups is 1. The lowest BCUT2D eigenvalue weighted by atomic mass is 10.1. The molecule has 3 rings (SSSR count). The number of nitrogens with zero attached hydrogens (tertiary/aromatic N) is 1. The minimum Gasteiger partial charge on any atom is -0.333 e. The topological polar surface area (TPSA) is 45.8 Å². The summed E-state index contributed by atoms with van der Waals surface area (Å²) in [4.78, 5) is 19.5. The van der Waals surface area contributed by atoms with Crippen molar-refractivity contribution in [3.63, 3.8) is 0 Å². The lowest BCUT2D eigenvalue weighted by molar-refractivity contribution is 0.104. The number of H-pyrrole nitrogens is 1. The SMILES string of the molecule is O=C(/C=C\Sc1nc2ccccc2[nH]1)c1ccccc1. The fourth-order valence-electron chi connectivity index (χ4n) is 1.84. The van der Waals surface area contributed by atoms with Gasteiger partial charge < -0.3 is 4.98 Å². The molecule has 0 spiro atoms. The molecule has 4 heteroatoms. The molecule has 0 aliphatic heterocycles. The smallest absolute Gasteiger partial charge is 0.186 e. The van der Waals surface area contributed by atoms with Gasteiger partial charge >= 0.3 is 0 Å². The first-order valence-electron chi connectivity index (χ1n) is 6.20. The Kier molecular flexibility index (Phi) is 3.65. The summed E-state index contributed by atoms with van der Waals surface area (Å²) in [5.41, 5.74) is 2.62. The van der Waals surface area contributed by atoms with Crippen molar-refractivity contribution in [2.45, 2.75) is 5.16 Å². The second kappa shape index (κ2) is 5.75. The van der Waals surface area contributed by atoms with E-state index in [1.807, 2.05) is 42.5 Å². The highest BCUT2D eigenvalue weighted by molar-refractivity contribution is 8.02. The first-order chi connectivity index (χ1) is 9.83. The lowest BCUT2D eigenvalue weighted by Gasteiger charge is -1.93. The summed E-state index contributed by atoms with van der Waals surface area (Å²) in [6.45, 7) is 0. The number of fused-ring (bicyclic) bond motifs is 1. The number of carbonyl (C=O) groups is 1. The van der Waals surface area contributed by atoms with Crippen LogP contribution in [0.25, 0.3) is 11.0 Å². The fourth-order valence-corrected chi connectivity index (χ4v) is 2.48. The van der Waals surface area contributed by atoms with E-state index in [0.717, 1.165) is 16.2 Å². The number of nitrogens with one attached hydrogen (secondary N) is 1. The Labute approximate surface area is 120 Å². The Hall–Kier alpha value is -2.33. The van der Waals surface area contributed by atoms with E-state index in [9.17, 15) is 4.79 Å². The minimum atomic E-state index is -0.00536. The van der Waals surface area contributed by atoms with Gasteiger partial charge in [0.25, 0.3) is 0 Å². The molecule has 20 heavy (non-hydrogen) atoms. The molecular weight excluding hydrogens is 268 g/mol. The molecule has 3 aromatic rings. The Morgan fingerprint density at radius 2 is 1.80 bits per heavy atom. The van der Waals surface area contributed by atoms with Crippen molar-refractivity contribution < 1.29 is 4.79 Å². The Balaban J connectivity index is 1.70. The van der Waals surface area contributed by atoms with Crippen LogP contribution >= 0.6 is 11.8 Å². The number of carbonyl (C=O) groups excluding carboxylic acids is 1. The number of imidazole rings is 1. The van der Waals surface area contributed by atoms with Crippen molar-refractivity contribution in [3.05, 3.63) is 71.6 Å². The highest BCUT2D eigenvalue weighted by Gasteiger charge is 2.02. The van der Waals surface area contributed by atoms with Gasteiger partial charge in [-0.2, -0.15) is 0 Å². The summed E-state index contributed by atoms with van der Waals surface area (Å²) < 4.78 is 0. The molecule has 0 radical (unpaired) electrons. The maximum absolute atomic E-state index is 11.9. The van der Waals surface area contributed by atoms with Gasteiger partial charge in [0.05, 0.1) is 11.0 Å². The van der Waals surface area contributed by atoms with Gasteiger partial charge in [-0.1, -0.05) is 54.2 Å². The zero-order valence-electron chi connectivity index (χ0n) is 10.6. The molecule has 1 aromatic heterocycles. The van der Waals surface area contributed by atoms with Gasteiger partial charge in [-0.25, -0.2) is 4.98 Å². The summed E-state index contributed by atoms with van der Waals surface area (Å²) in [5, 5.41) is 2.54. The molecule has 0 unspecified atom stereocenters. The highest BCUT2D eigenvalue weighted by Crippen LogP contribution is 2.20. The number of aromatic nitrogens is 2. The molecule has 0 saturated heterocycles. The summed E-state index contributed by atoms with van der Waals surface area (Å²) in [5.74, 6) is -0.00536. The summed E-state index contributed by atoms with van der Waals surface area (Å²) in [6, 6.07) is 17.1. The van der Waals surface area contributed by atoms with Crippen LogP contribution in [0.4, 0.5) is 0 Å². The van der Waals surface area contributed by atoms with E-state index in [1.165, 1.54) is 11.8 Å². The molecule has 0 atom stereocenters. The summed E-state index contributed by atoms with van der Waals surface area (Å²) in [7, 11) is 0. The van der Waals surface area contributed by atoms with Gasteiger partial charge in [0.1, 0.15) is 0 Å². The molecular formula is C16H12N2OS. The molecule has 2 aromatic carbocycles. The van der Waals surface area contributed by atoms with Crippen LogP contribution in [-0.2, 0) is 0 Å². The van der Waals surface area contributed by atoms with Crippen molar-refractivity contribution >= 4 is 28.6 Å². The van der Waals surface area contributed by atoms with Crippen LogP contribution in [0.15, 0.2) is 71.2 Å². The zero-order valence-corrected chi connectivity index (χ0v) is 11.4. The number of hydrogen-bond donors (Lipinski definition) is 1. The van der Waals surface area contributed by atoms with Crippen LogP contribution in [0.2, 0.25) is 0 Å². The van der Waals surface area contributed by atoms with E-state index in [-0.39, 0.29) is 5.78 Å². The third-order valence-corrected chi connectivity index (χ3v) is 3.51. The minimum absolute atomic E-state index is 0.00536. The Morgan fingerprint density at radius 3 is 2.60 bits per heavy atom. The van der Waals surface area contributed by atoms with E-state index in [2.05, 4.69) is 9.97 Å². The molecule has 0 aliphatic carbocycles. The van der Waals surface area contributed by atoms with Crippen LogP contribution in [0.5, 0.6) is 0 Å². The molecule has 0 saturated carbocycles. The van der Waals surface area contributed by atoms with Crippen molar-refractivity contribution in [2.24, 2.45) is 0 Å². The second-order valence-corrected chi connectivity index (χ2v) is 5.10. The summed E-state index contributed by atoms with van der Waals surface area (Å²) in [6.07, 6.45) is 1.56. The maximum atomic E-state index is 11.9. The molecule has 3 nitrogen and oxygen atoms in total. The average Bonchev–Trinajstić information content (AvgIpc) is 2.90. The largest absolute Gasteiger partial charge is 0.333 e. The molecule has 0 aliphatic rings. The number of aromatic amines is 1. The number of ketones is 1. The zero-order chi connectivity index (χ0) is 13.8. The highest BCUT2D eigenvalue weighted by atomic mass is 32.2. The monoisotopic (exact) mass is 280 g/mol. The van der Waals surface area contributed by atoms with Crippen LogP contribution in [0.1, 0.15) is 10.4 Å². The number of allylic oxidation sites excluding steroid dienone is 1. The predicted molar refractivity (Wildman–Crippen MR) is 81.9 cm³/mol. The van der Waals surface area contributed by atoms with Crippen molar-refractivity contribution in [1.82, 2.24) is 9.97 Å². The van der Waals surface area contributed by atoms with Gasteiger partial charge in [-0.05, 0) is 23.6 Å². The standard InChI is InChI=1S/C16H12N2OS/c19-15(12-6-2-1-3-7-12)10-11-20-16-17-13-8-4-5-9-14(13)18-16/h1-11H,(H,17,18)/b11-10-. The molecule has 1 N–H and O–H groups in total. The van der Waals surface area contributed by atoms with Crippen LogP contribution in [0.3, 0.4) is 0 Å². The Morgan fingerprint density at radius 1 is 1.05 bits per heavy atom. The number of para-hydroxylation sites is 2. The third-order valence-electron chi connectivity index (χ3n) is 2.83. The molecule has 0 fully saturated rings. The van der Waals surface area contributed by atoms with Gasteiger partial charge in [0.2, 0.25) is 0 Å². The van der Waals surface area contributed by atoms with E-state index in [1.54, 1.807) is 23.6 Å². The second-order valence-electron chi connectivity index (χ2n) is 4.21. The predicted octanol–water partition coefficient (Wildman–Crippen LogP) is 4.05. The van der Waals surface area contributed by atoms with Crippen molar-refractivity contribution in [1.29, 1.82) is 0 Å². The lowest BCUT2D eigenvalue weighted by Crippen LogP contribution is -1.92. The van der Waals surface area contributed by atoms with E-state index < -0.39 is 0 Å². The number of rotatable bonds is 4. The van der Waals surface area contributed by atoms with Crippen molar-refractivity contribution in [2.75, 3.05) is 0 Å². The van der Waals surface area contributed by atoms with Gasteiger partial charge in [-0.3, -0.25) is 4.79 Å². The van der Waals surface area contributed by atoms with E-state index in [4.69, 9.17) is 0 Å². The normalized spacial score (nSPS) is 11.2. The fraction of sp³-hybridized carbons (Fsp3) is 0. The average molecular weight is 280 g/mol. The van der Waals surface area contributed by atoms with Gasteiger partial charge in [0.15, 0.2) is 10.9 Å². The molecule has 98 valence electrons. The van der Waals surface area contributed by atoms with Crippen LogP contribution in [-0.4, -0.2) is 15.8 Å². The van der Waals surface area contributed by atoms with Crippen molar-refractivity contribution in [3.8, 4) is 0 Å². The van der Waals surface area contributed by atoms with Gasteiger partial charge in [0, 0.05) is 5.56 Å². The van der Waals surface area contributed by atoms with E-state index >= 15 is 0 Å². The Bertz CT molecular complexity index is 729. The molecule has 0 bridgehead atoms. The van der Waals surface area contributed by atoms with Crippen LogP contribution in [0, 0.1) is 0 Å². The molecule has 1 heterocycles. The first-order valence-corrected chi connectivity index (χ1v) is 7.08. The third kappa shape index (κ3) is 2.81. The number of benzene rings is 2. The summed E-state index contributed by atoms with van der Waals surface area (Å²) >= 11 is 1.40. The maximum Gasteiger partial charge on any atom is 0.186 e. The first kappa shape index (κ1) is 12.7. The molecule has 0 amide bonds.